The second-order valence-corrected chi connectivity index (χ2v) is 2.67. The summed E-state index contributed by atoms with van der Waals surface area (Å²) in [6, 6.07) is 4.07. The minimum absolute atomic E-state index is 0.338. The Morgan fingerprint density at radius 3 is 2.86 bits per heavy atom. The molecule has 5 nitrogen and oxygen atoms in total. The lowest BCUT2D eigenvalue weighted by molar-refractivity contribution is -0.138. The van der Waals surface area contributed by atoms with Crippen LogP contribution in [0.3, 0.4) is 0 Å². The van der Waals surface area contributed by atoms with Crippen LogP contribution >= 0.6 is 0 Å². The van der Waals surface area contributed by atoms with Gasteiger partial charge in [-0.1, -0.05) is 6.07 Å². The molecule has 1 aromatic rings. The maximum absolute atomic E-state index is 10.7. The average molecular weight is 191 g/mol. The van der Waals surface area contributed by atoms with Crippen LogP contribution in [0.1, 0.15) is 6.92 Å². The summed E-state index contributed by atoms with van der Waals surface area (Å²) in [6.45, 7) is 1.43. The minimum atomic E-state index is -1.06. The van der Waals surface area contributed by atoms with Crippen molar-refractivity contribution in [3.8, 4) is 6.19 Å². The van der Waals surface area contributed by atoms with Crippen molar-refractivity contribution < 1.29 is 9.90 Å². The monoisotopic (exact) mass is 191 g/mol. The highest BCUT2D eigenvalue weighted by atomic mass is 16.4. The smallest absolute Gasteiger partial charge is 0.327 e. The Balaban J connectivity index is 2.95. The van der Waals surface area contributed by atoms with Crippen LogP contribution < -0.4 is 4.90 Å². The second-order valence-electron chi connectivity index (χ2n) is 2.67. The minimum Gasteiger partial charge on any atom is -0.480 e. The highest BCUT2D eigenvalue weighted by molar-refractivity contribution is 5.78. The van der Waals surface area contributed by atoms with Crippen LogP contribution in [0.5, 0.6) is 0 Å². The largest absolute Gasteiger partial charge is 0.480 e. The van der Waals surface area contributed by atoms with Gasteiger partial charge >= 0.3 is 5.97 Å². The Hall–Kier alpha value is -2.09. The number of rotatable bonds is 3. The molecule has 0 bridgehead atoms. The molecule has 5 heteroatoms. The topological polar surface area (TPSA) is 77.2 Å². The van der Waals surface area contributed by atoms with Crippen molar-refractivity contribution in [1.82, 2.24) is 4.98 Å². The second kappa shape index (κ2) is 4.23. The molecule has 1 heterocycles. The van der Waals surface area contributed by atoms with Gasteiger partial charge in [0.2, 0.25) is 0 Å². The van der Waals surface area contributed by atoms with E-state index in [4.69, 9.17) is 10.4 Å². The maximum Gasteiger partial charge on any atom is 0.327 e. The molecule has 0 spiro atoms. The molecule has 0 aromatic carbocycles. The quantitative estimate of drug-likeness (QED) is 0.566. The number of pyridine rings is 1. The summed E-state index contributed by atoms with van der Waals surface area (Å²) in [4.78, 5) is 15.6. The standard InChI is InChI=1S/C9H9N3O2/c1-7(9(13)14)12(6-10)8-4-2-3-5-11-8/h2-5,7H,1H3,(H,13,14)/t7-/m0/s1. The van der Waals surface area contributed by atoms with E-state index in [1.165, 1.54) is 13.1 Å². The zero-order valence-corrected chi connectivity index (χ0v) is 7.58. The fourth-order valence-electron chi connectivity index (χ4n) is 0.943. The number of aliphatic carboxylic acids is 1. The molecule has 0 unspecified atom stereocenters. The molecule has 0 radical (unpaired) electrons. The lowest BCUT2D eigenvalue weighted by atomic mass is 10.3. The molecule has 0 saturated heterocycles. The first-order chi connectivity index (χ1) is 6.66. The van der Waals surface area contributed by atoms with Crippen LogP contribution in [-0.2, 0) is 4.79 Å². The third kappa shape index (κ3) is 1.98. The molecule has 1 rings (SSSR count). The Kier molecular flexibility index (Phi) is 3.02. The molecule has 0 fully saturated rings. The predicted molar refractivity (Wildman–Crippen MR) is 49.4 cm³/mol. The van der Waals surface area contributed by atoms with Crippen LogP contribution in [0.2, 0.25) is 0 Å². The summed E-state index contributed by atoms with van der Waals surface area (Å²) in [5, 5.41) is 17.5. The highest BCUT2D eigenvalue weighted by Crippen LogP contribution is 2.11. The summed E-state index contributed by atoms with van der Waals surface area (Å²) >= 11 is 0. The number of anilines is 1. The van der Waals surface area contributed by atoms with Gasteiger partial charge in [-0.15, -0.1) is 0 Å². The van der Waals surface area contributed by atoms with Crippen LogP contribution in [0.4, 0.5) is 5.82 Å². The highest BCUT2D eigenvalue weighted by Gasteiger charge is 2.21. The van der Waals surface area contributed by atoms with Crippen molar-refractivity contribution in [2.75, 3.05) is 4.90 Å². The number of hydrogen-bond donors (Lipinski definition) is 1. The van der Waals surface area contributed by atoms with Gasteiger partial charge in [0.15, 0.2) is 6.19 Å². The fourth-order valence-corrected chi connectivity index (χ4v) is 0.943. The molecule has 0 aliphatic rings. The van der Waals surface area contributed by atoms with Crippen molar-refractivity contribution >= 4 is 11.8 Å². The van der Waals surface area contributed by atoms with E-state index >= 15 is 0 Å². The molecule has 0 aliphatic carbocycles. The fraction of sp³-hybridized carbons (Fsp3) is 0.222. The number of nitrogens with zero attached hydrogens (tertiary/aromatic N) is 3. The first-order valence-electron chi connectivity index (χ1n) is 3.99. The molecule has 0 aliphatic heterocycles. The lowest BCUT2D eigenvalue weighted by Crippen LogP contribution is -2.35. The number of nitriles is 1. The Bertz CT molecular complexity index is 358. The van der Waals surface area contributed by atoms with Crippen LogP contribution in [0, 0.1) is 11.5 Å². The molecule has 1 atom stereocenters. The third-order valence-electron chi connectivity index (χ3n) is 1.75. The van der Waals surface area contributed by atoms with Gasteiger partial charge in [-0.05, 0) is 19.1 Å². The van der Waals surface area contributed by atoms with Gasteiger partial charge in [0.05, 0.1) is 0 Å². The Labute approximate surface area is 81.2 Å². The molecule has 0 amide bonds. The third-order valence-corrected chi connectivity index (χ3v) is 1.75. The van der Waals surface area contributed by atoms with Gasteiger partial charge in [-0.2, -0.15) is 5.26 Å². The van der Waals surface area contributed by atoms with Crippen molar-refractivity contribution in [2.45, 2.75) is 13.0 Å². The predicted octanol–water partition coefficient (Wildman–Crippen LogP) is 0.842. The summed E-state index contributed by atoms with van der Waals surface area (Å²) in [5.74, 6) is -0.720. The molecule has 0 saturated carbocycles. The van der Waals surface area contributed by atoms with E-state index in [1.807, 2.05) is 0 Å². The Morgan fingerprint density at radius 2 is 2.43 bits per heavy atom. The summed E-state index contributed by atoms with van der Waals surface area (Å²) in [7, 11) is 0. The number of carbonyl (C=O) groups is 1. The van der Waals surface area contributed by atoms with Gasteiger partial charge in [0.1, 0.15) is 11.9 Å². The average Bonchev–Trinajstić information content (AvgIpc) is 2.20. The van der Waals surface area contributed by atoms with Gasteiger partial charge in [-0.25, -0.2) is 14.7 Å². The van der Waals surface area contributed by atoms with Crippen LogP contribution in [-0.4, -0.2) is 22.1 Å². The van der Waals surface area contributed by atoms with E-state index in [9.17, 15) is 4.79 Å². The number of aromatic nitrogens is 1. The first kappa shape index (κ1) is 9.99. The number of hydrogen-bond acceptors (Lipinski definition) is 4. The van der Waals surface area contributed by atoms with E-state index < -0.39 is 12.0 Å². The SMILES string of the molecule is C[C@@H](C(=O)O)N(C#N)c1ccccn1. The number of carboxylic acid groups (broad SMARTS) is 1. The van der Waals surface area contributed by atoms with Gasteiger partial charge < -0.3 is 5.11 Å². The van der Waals surface area contributed by atoms with E-state index in [-0.39, 0.29) is 0 Å². The summed E-state index contributed by atoms with van der Waals surface area (Å²) < 4.78 is 0. The molecule has 14 heavy (non-hydrogen) atoms. The van der Waals surface area contributed by atoms with Crippen molar-refractivity contribution in [3.63, 3.8) is 0 Å². The van der Waals surface area contributed by atoms with Crippen molar-refractivity contribution in [1.29, 1.82) is 5.26 Å². The first-order valence-corrected chi connectivity index (χ1v) is 3.99. The molecular weight excluding hydrogens is 182 g/mol. The van der Waals surface area contributed by atoms with E-state index in [0.29, 0.717) is 5.82 Å². The molecule has 1 aromatic heterocycles. The summed E-state index contributed by atoms with van der Waals surface area (Å²) in [5.41, 5.74) is 0. The Morgan fingerprint density at radius 1 is 1.71 bits per heavy atom. The van der Waals surface area contributed by atoms with Gasteiger partial charge in [0.25, 0.3) is 0 Å². The van der Waals surface area contributed by atoms with Gasteiger partial charge in [-0.3, -0.25) is 0 Å². The van der Waals surface area contributed by atoms with E-state index in [0.717, 1.165) is 4.90 Å². The zero-order valence-electron chi connectivity index (χ0n) is 7.58. The molecule has 1 N–H and O–H groups in total. The van der Waals surface area contributed by atoms with Crippen LogP contribution in [0.15, 0.2) is 24.4 Å². The zero-order chi connectivity index (χ0) is 10.6. The number of carboxylic acids is 1. The normalized spacial score (nSPS) is 11.4. The molecular formula is C9H9N3O2. The van der Waals surface area contributed by atoms with E-state index in [1.54, 1.807) is 24.4 Å². The van der Waals surface area contributed by atoms with E-state index in [2.05, 4.69) is 4.98 Å². The lowest BCUT2D eigenvalue weighted by Gasteiger charge is -2.18. The molecule has 72 valence electrons. The van der Waals surface area contributed by atoms with Crippen molar-refractivity contribution in [3.05, 3.63) is 24.4 Å². The van der Waals surface area contributed by atoms with Gasteiger partial charge in [0, 0.05) is 6.20 Å². The summed E-state index contributed by atoms with van der Waals surface area (Å²) in [6.07, 6.45) is 3.30. The maximum atomic E-state index is 10.7. The van der Waals surface area contributed by atoms with Crippen molar-refractivity contribution in [2.24, 2.45) is 0 Å². The van der Waals surface area contributed by atoms with Crippen LogP contribution in [0.25, 0.3) is 0 Å².